The predicted molar refractivity (Wildman–Crippen MR) is 131 cm³/mol. The number of pyridine rings is 2. The molecular weight excluding hydrogens is 400 g/mol. The Bertz CT molecular complexity index is 1090. The summed E-state index contributed by atoms with van der Waals surface area (Å²) in [7, 11) is 1.62. The van der Waals surface area contributed by atoms with Crippen LogP contribution in [0.25, 0.3) is 22.0 Å². The first-order chi connectivity index (χ1) is 15.4. The fourth-order valence-electron chi connectivity index (χ4n) is 3.43. The summed E-state index contributed by atoms with van der Waals surface area (Å²) in [6, 6.07) is 3.99. The third kappa shape index (κ3) is 5.61. The lowest BCUT2D eigenvalue weighted by molar-refractivity contribution is -0.0109. The van der Waals surface area contributed by atoms with E-state index in [1.54, 1.807) is 13.3 Å². The highest BCUT2D eigenvalue weighted by molar-refractivity contribution is 5.92. The fourth-order valence-corrected chi connectivity index (χ4v) is 3.43. The average molecular weight is 433 g/mol. The van der Waals surface area contributed by atoms with E-state index in [1.807, 2.05) is 31.2 Å². The number of ether oxygens (including phenoxy) is 3. The zero-order valence-corrected chi connectivity index (χ0v) is 19.6. The van der Waals surface area contributed by atoms with E-state index in [2.05, 4.69) is 56.6 Å². The fraction of sp³-hybridized carbons (Fsp3) is 0.333. The van der Waals surface area contributed by atoms with Crippen LogP contribution in [0.1, 0.15) is 39.0 Å². The molecule has 0 amide bonds. The number of rotatable bonds is 8. The summed E-state index contributed by atoms with van der Waals surface area (Å²) in [4.78, 5) is 9.32. The van der Waals surface area contributed by atoms with Crippen LogP contribution in [0.3, 0.4) is 0 Å². The molecule has 1 fully saturated rings. The van der Waals surface area contributed by atoms with Crippen molar-refractivity contribution in [2.45, 2.75) is 34.0 Å². The Hall–Kier alpha value is -3.02. The Morgan fingerprint density at radius 1 is 1.19 bits per heavy atom. The monoisotopic (exact) mass is 432 g/mol. The van der Waals surface area contributed by atoms with Crippen LogP contribution in [0.5, 0.6) is 5.88 Å². The maximum absolute atomic E-state index is 5.60. The number of hydrogen-bond donors (Lipinski definition) is 0. The van der Waals surface area contributed by atoms with E-state index in [4.69, 9.17) is 19.2 Å². The van der Waals surface area contributed by atoms with Gasteiger partial charge in [0.15, 0.2) is 6.29 Å². The number of fused-ring (bicyclic) bond motifs is 1. The molecule has 0 N–H and O–H groups in total. The number of hydrogen-bond acceptors (Lipinski definition) is 5. The molecule has 2 aromatic rings. The van der Waals surface area contributed by atoms with E-state index < -0.39 is 0 Å². The second kappa shape index (κ2) is 11.0. The van der Waals surface area contributed by atoms with Gasteiger partial charge < -0.3 is 14.2 Å². The third-order valence-electron chi connectivity index (χ3n) is 5.18. The molecule has 3 heterocycles. The van der Waals surface area contributed by atoms with E-state index >= 15 is 0 Å². The molecule has 168 valence electrons. The van der Waals surface area contributed by atoms with Crippen molar-refractivity contribution in [2.24, 2.45) is 5.92 Å². The summed E-state index contributed by atoms with van der Waals surface area (Å²) in [6.07, 6.45) is 13.6. The molecule has 0 aromatic carbocycles. The molecule has 5 heteroatoms. The zero-order valence-electron chi connectivity index (χ0n) is 19.6. The summed E-state index contributed by atoms with van der Waals surface area (Å²) in [6.45, 7) is 13.7. The summed E-state index contributed by atoms with van der Waals surface area (Å²) in [5.41, 5.74) is 5.68. The van der Waals surface area contributed by atoms with Gasteiger partial charge in [-0.1, -0.05) is 56.9 Å². The lowest BCUT2D eigenvalue weighted by Gasteiger charge is -2.14. The molecule has 0 spiro atoms. The van der Waals surface area contributed by atoms with Crippen LogP contribution < -0.4 is 4.74 Å². The van der Waals surface area contributed by atoms with E-state index in [-0.39, 0.29) is 6.29 Å². The minimum absolute atomic E-state index is 0.292. The number of methoxy groups -OCH3 is 1. The minimum Gasteiger partial charge on any atom is -0.481 e. The molecule has 0 aliphatic carbocycles. The van der Waals surface area contributed by atoms with E-state index in [0.717, 1.165) is 38.9 Å². The van der Waals surface area contributed by atoms with Crippen LogP contribution >= 0.6 is 0 Å². The average Bonchev–Trinajstić information content (AvgIpc) is 3.33. The summed E-state index contributed by atoms with van der Waals surface area (Å²) < 4.78 is 16.7. The summed E-state index contributed by atoms with van der Waals surface area (Å²) >= 11 is 0. The van der Waals surface area contributed by atoms with Gasteiger partial charge in [0.25, 0.3) is 0 Å². The van der Waals surface area contributed by atoms with Gasteiger partial charge in [0, 0.05) is 17.3 Å². The van der Waals surface area contributed by atoms with Crippen molar-refractivity contribution in [3.63, 3.8) is 0 Å². The van der Waals surface area contributed by atoms with Crippen LogP contribution in [0.4, 0.5) is 0 Å². The predicted octanol–water partition coefficient (Wildman–Crippen LogP) is 6.14. The smallest absolute Gasteiger partial charge is 0.222 e. The van der Waals surface area contributed by atoms with Gasteiger partial charge in [0.2, 0.25) is 5.88 Å². The largest absolute Gasteiger partial charge is 0.481 e. The summed E-state index contributed by atoms with van der Waals surface area (Å²) in [5.74, 6) is 1.04. The molecule has 1 aliphatic heterocycles. The highest BCUT2D eigenvalue weighted by atomic mass is 16.7. The molecule has 32 heavy (non-hydrogen) atoms. The van der Waals surface area contributed by atoms with E-state index in [1.165, 1.54) is 0 Å². The normalized spacial score (nSPS) is 16.5. The first kappa shape index (κ1) is 23.6. The standard InChI is InChI=1S/C27H32N2O3/c1-7-21(12-11-20(5)27-31-15-16-32-27)25-22(19(4)10-8-9-18(2)3)17-23-24(29-25)13-14-28-26(23)30-6/h7-14,17-18,27H,1,15-16H2,2-6H3/b9-8-,19-10+,20-11+,21-12+. The SMILES string of the molecule is C=C/C(=C\C=C(/C)C1OCCO1)c1nc2ccnc(OC)c2cc1/C(C)=C/C=C\C(C)C. The maximum Gasteiger partial charge on any atom is 0.222 e. The van der Waals surface area contributed by atoms with Crippen molar-refractivity contribution in [1.82, 2.24) is 9.97 Å². The second-order valence-corrected chi connectivity index (χ2v) is 8.06. The lowest BCUT2D eigenvalue weighted by atomic mass is 9.97. The van der Waals surface area contributed by atoms with Crippen molar-refractivity contribution in [3.05, 3.63) is 78.2 Å². The molecular formula is C27H32N2O3. The van der Waals surface area contributed by atoms with E-state index in [9.17, 15) is 0 Å². The molecule has 1 saturated heterocycles. The molecule has 1 aliphatic rings. The zero-order chi connectivity index (χ0) is 23.1. The van der Waals surface area contributed by atoms with Crippen LogP contribution in [0.15, 0.2) is 66.9 Å². The van der Waals surface area contributed by atoms with Gasteiger partial charge in [-0.25, -0.2) is 9.97 Å². The van der Waals surface area contributed by atoms with Gasteiger partial charge in [0.1, 0.15) is 0 Å². The molecule has 0 bridgehead atoms. The van der Waals surface area contributed by atoms with Gasteiger partial charge >= 0.3 is 0 Å². The van der Waals surface area contributed by atoms with Gasteiger partial charge in [-0.2, -0.15) is 0 Å². The number of allylic oxidation sites excluding steroid dienone is 8. The Kier molecular flexibility index (Phi) is 8.14. The summed E-state index contributed by atoms with van der Waals surface area (Å²) in [5, 5.41) is 0.872. The Labute approximate surface area is 190 Å². The highest BCUT2D eigenvalue weighted by Gasteiger charge is 2.18. The van der Waals surface area contributed by atoms with E-state index in [0.29, 0.717) is 25.0 Å². The van der Waals surface area contributed by atoms with Crippen molar-refractivity contribution >= 4 is 22.0 Å². The lowest BCUT2D eigenvalue weighted by Crippen LogP contribution is -2.08. The Balaban J connectivity index is 2.14. The first-order valence-corrected chi connectivity index (χ1v) is 10.9. The quantitative estimate of drug-likeness (QED) is 0.469. The molecule has 0 unspecified atom stereocenters. The second-order valence-electron chi connectivity index (χ2n) is 8.06. The topological polar surface area (TPSA) is 53.5 Å². The van der Waals surface area contributed by atoms with Gasteiger partial charge in [0.05, 0.1) is 36.9 Å². The number of nitrogens with zero attached hydrogens (tertiary/aromatic N) is 2. The first-order valence-electron chi connectivity index (χ1n) is 10.9. The van der Waals surface area contributed by atoms with Gasteiger partial charge in [-0.05, 0) is 43.0 Å². The molecule has 0 saturated carbocycles. The van der Waals surface area contributed by atoms with Crippen molar-refractivity contribution < 1.29 is 14.2 Å². The van der Waals surface area contributed by atoms with Crippen molar-refractivity contribution in [1.29, 1.82) is 0 Å². The van der Waals surface area contributed by atoms with Gasteiger partial charge in [-0.3, -0.25) is 0 Å². The highest BCUT2D eigenvalue weighted by Crippen LogP contribution is 2.31. The minimum atomic E-state index is -0.292. The number of aromatic nitrogens is 2. The Morgan fingerprint density at radius 2 is 1.94 bits per heavy atom. The van der Waals surface area contributed by atoms with Gasteiger partial charge in [-0.15, -0.1) is 0 Å². The van der Waals surface area contributed by atoms with Crippen LogP contribution in [0, 0.1) is 5.92 Å². The van der Waals surface area contributed by atoms with Crippen molar-refractivity contribution in [3.8, 4) is 5.88 Å². The molecule has 2 aromatic heterocycles. The van der Waals surface area contributed by atoms with Crippen LogP contribution in [0.2, 0.25) is 0 Å². The van der Waals surface area contributed by atoms with Crippen LogP contribution in [-0.4, -0.2) is 36.6 Å². The third-order valence-corrected chi connectivity index (χ3v) is 5.18. The molecule has 0 radical (unpaired) electrons. The molecule has 5 nitrogen and oxygen atoms in total. The molecule has 0 atom stereocenters. The van der Waals surface area contributed by atoms with Crippen LogP contribution in [-0.2, 0) is 9.47 Å². The molecule has 3 rings (SSSR count). The Morgan fingerprint density at radius 3 is 2.59 bits per heavy atom. The van der Waals surface area contributed by atoms with Crippen molar-refractivity contribution in [2.75, 3.05) is 20.3 Å². The maximum atomic E-state index is 5.60.